The average Bonchev–Trinajstić information content (AvgIpc) is 2.92. The first-order valence-electron chi connectivity index (χ1n) is 8.84. The van der Waals surface area contributed by atoms with Crippen molar-refractivity contribution in [1.29, 1.82) is 5.26 Å². The van der Waals surface area contributed by atoms with Gasteiger partial charge in [0.1, 0.15) is 12.1 Å². The number of anilines is 2. The van der Waals surface area contributed by atoms with Gasteiger partial charge in [0.05, 0.1) is 17.5 Å². The molecule has 0 atom stereocenters. The fourth-order valence-corrected chi connectivity index (χ4v) is 2.88. The smallest absolute Gasteiger partial charge is 0.295 e. The molecular formula is C21H19N5O3. The van der Waals surface area contributed by atoms with Gasteiger partial charge in [0, 0.05) is 18.3 Å². The summed E-state index contributed by atoms with van der Waals surface area (Å²) in [7, 11) is 1.75. The fraction of sp³-hybridized carbons (Fsp3) is 0.143. The van der Waals surface area contributed by atoms with E-state index in [1.165, 1.54) is 16.8 Å². The Labute approximate surface area is 167 Å². The quantitative estimate of drug-likeness (QED) is 0.699. The lowest BCUT2D eigenvalue weighted by Gasteiger charge is -2.07. The van der Waals surface area contributed by atoms with Gasteiger partial charge in [-0.15, -0.1) is 0 Å². The normalized spacial score (nSPS) is 10.2. The van der Waals surface area contributed by atoms with Crippen LogP contribution in [0.25, 0.3) is 5.69 Å². The lowest BCUT2D eigenvalue weighted by molar-refractivity contribution is -0.115. The van der Waals surface area contributed by atoms with Crippen LogP contribution in [0.15, 0.2) is 59.4 Å². The van der Waals surface area contributed by atoms with Crippen LogP contribution in [0.2, 0.25) is 0 Å². The number of hydrogen-bond acceptors (Lipinski definition) is 4. The molecule has 0 saturated heterocycles. The number of aromatic nitrogens is 2. The van der Waals surface area contributed by atoms with E-state index < -0.39 is 11.8 Å². The SMILES string of the molecule is Cc1c(NC(=O)c2ccc(NC(=O)CC#N)cc2)c(=O)n(-c2ccccc2)n1C. The summed E-state index contributed by atoms with van der Waals surface area (Å²) in [4.78, 5) is 36.9. The molecule has 0 spiro atoms. The van der Waals surface area contributed by atoms with Gasteiger partial charge >= 0.3 is 0 Å². The minimum absolute atomic E-state index is 0.202. The van der Waals surface area contributed by atoms with Gasteiger partial charge in [0.25, 0.3) is 11.5 Å². The molecule has 0 fully saturated rings. The highest BCUT2D eigenvalue weighted by Gasteiger charge is 2.18. The van der Waals surface area contributed by atoms with E-state index >= 15 is 0 Å². The molecule has 0 bridgehead atoms. The summed E-state index contributed by atoms with van der Waals surface area (Å²) in [6.07, 6.45) is -0.247. The zero-order chi connectivity index (χ0) is 21.0. The molecule has 146 valence electrons. The molecule has 2 amide bonds. The van der Waals surface area contributed by atoms with Gasteiger partial charge in [-0.05, 0) is 43.3 Å². The van der Waals surface area contributed by atoms with Crippen LogP contribution in [-0.2, 0) is 11.8 Å². The fourth-order valence-electron chi connectivity index (χ4n) is 2.88. The molecule has 2 N–H and O–H groups in total. The predicted molar refractivity (Wildman–Crippen MR) is 109 cm³/mol. The van der Waals surface area contributed by atoms with E-state index in [0.717, 1.165) is 0 Å². The summed E-state index contributed by atoms with van der Waals surface area (Å²) in [5.41, 5.74) is 1.99. The monoisotopic (exact) mass is 389 g/mol. The summed E-state index contributed by atoms with van der Waals surface area (Å²) in [5.74, 6) is -0.864. The first-order chi connectivity index (χ1) is 13.9. The minimum atomic E-state index is -0.439. The number of para-hydroxylation sites is 1. The van der Waals surface area contributed by atoms with E-state index in [0.29, 0.717) is 22.6 Å². The van der Waals surface area contributed by atoms with Crippen LogP contribution in [0.1, 0.15) is 22.5 Å². The minimum Gasteiger partial charge on any atom is -0.325 e. The van der Waals surface area contributed by atoms with E-state index in [1.54, 1.807) is 36.9 Å². The second kappa shape index (κ2) is 8.27. The molecule has 2 aromatic carbocycles. The van der Waals surface area contributed by atoms with Crippen LogP contribution >= 0.6 is 0 Å². The van der Waals surface area contributed by atoms with Crippen molar-refractivity contribution in [1.82, 2.24) is 9.36 Å². The van der Waals surface area contributed by atoms with Crippen molar-refractivity contribution in [3.63, 3.8) is 0 Å². The third-order valence-electron chi connectivity index (χ3n) is 4.46. The first kappa shape index (κ1) is 19.6. The highest BCUT2D eigenvalue weighted by molar-refractivity contribution is 6.05. The van der Waals surface area contributed by atoms with Gasteiger partial charge in [-0.1, -0.05) is 18.2 Å². The van der Waals surface area contributed by atoms with Gasteiger partial charge in [-0.25, -0.2) is 4.68 Å². The van der Waals surface area contributed by atoms with Crippen LogP contribution in [-0.4, -0.2) is 21.2 Å². The molecule has 0 unspecified atom stereocenters. The summed E-state index contributed by atoms with van der Waals surface area (Å²) in [6.45, 7) is 1.75. The Kier molecular flexibility index (Phi) is 5.60. The maximum absolute atomic E-state index is 12.9. The van der Waals surface area contributed by atoms with Gasteiger partial charge in [-0.3, -0.25) is 19.1 Å². The number of nitrogens with one attached hydrogen (secondary N) is 2. The third kappa shape index (κ3) is 4.09. The molecule has 8 heteroatoms. The number of carbonyl (C=O) groups is 2. The molecule has 8 nitrogen and oxygen atoms in total. The number of nitrogens with zero attached hydrogens (tertiary/aromatic N) is 3. The van der Waals surface area contributed by atoms with Crippen molar-refractivity contribution < 1.29 is 9.59 Å². The zero-order valence-electron chi connectivity index (χ0n) is 16.0. The molecule has 1 aromatic heterocycles. The number of hydrogen-bond donors (Lipinski definition) is 2. The van der Waals surface area contributed by atoms with Crippen LogP contribution in [0.4, 0.5) is 11.4 Å². The third-order valence-corrected chi connectivity index (χ3v) is 4.46. The first-order valence-corrected chi connectivity index (χ1v) is 8.84. The maximum atomic E-state index is 12.9. The predicted octanol–water partition coefficient (Wildman–Crippen LogP) is 2.59. The second-order valence-electron chi connectivity index (χ2n) is 6.35. The number of carbonyl (C=O) groups excluding carboxylic acids is 2. The molecule has 0 aliphatic heterocycles. The highest BCUT2D eigenvalue weighted by Crippen LogP contribution is 2.16. The molecule has 0 saturated carbocycles. The standard InChI is InChI=1S/C21H19N5O3/c1-14-19(21(29)26(25(14)2)17-6-4-3-5-7-17)24-20(28)15-8-10-16(11-9-15)23-18(27)12-13-22/h3-11H,12H2,1-2H3,(H,23,27)(H,24,28). The van der Waals surface area contributed by atoms with Gasteiger partial charge < -0.3 is 10.6 Å². The van der Waals surface area contributed by atoms with Crippen molar-refractivity contribution >= 4 is 23.2 Å². The lowest BCUT2D eigenvalue weighted by atomic mass is 10.2. The van der Waals surface area contributed by atoms with E-state index in [2.05, 4.69) is 10.6 Å². The number of amides is 2. The molecule has 0 radical (unpaired) electrons. The second-order valence-corrected chi connectivity index (χ2v) is 6.35. The number of rotatable bonds is 5. The summed E-state index contributed by atoms with van der Waals surface area (Å²) in [6, 6.07) is 17.1. The largest absolute Gasteiger partial charge is 0.325 e. The topological polar surface area (TPSA) is 109 Å². The van der Waals surface area contributed by atoms with Gasteiger partial charge in [-0.2, -0.15) is 5.26 Å². The number of benzene rings is 2. The molecule has 29 heavy (non-hydrogen) atoms. The van der Waals surface area contributed by atoms with Crippen molar-refractivity contribution in [2.45, 2.75) is 13.3 Å². The van der Waals surface area contributed by atoms with Crippen molar-refractivity contribution in [3.05, 3.63) is 76.2 Å². The Morgan fingerprint density at radius 1 is 1.03 bits per heavy atom. The van der Waals surface area contributed by atoms with Gasteiger partial charge in [0.15, 0.2) is 0 Å². The van der Waals surface area contributed by atoms with Gasteiger partial charge in [0.2, 0.25) is 5.91 Å². The Morgan fingerprint density at radius 3 is 2.31 bits per heavy atom. The van der Waals surface area contributed by atoms with Crippen molar-refractivity contribution in [2.75, 3.05) is 10.6 Å². The van der Waals surface area contributed by atoms with E-state index in [1.807, 2.05) is 30.3 Å². The van der Waals surface area contributed by atoms with Crippen LogP contribution in [0, 0.1) is 18.3 Å². The van der Waals surface area contributed by atoms with E-state index in [-0.39, 0.29) is 17.7 Å². The zero-order valence-corrected chi connectivity index (χ0v) is 16.0. The van der Waals surface area contributed by atoms with Crippen LogP contribution in [0.3, 0.4) is 0 Å². The van der Waals surface area contributed by atoms with E-state index in [9.17, 15) is 14.4 Å². The molecule has 0 aliphatic rings. The molecule has 3 rings (SSSR count). The molecule has 0 aliphatic carbocycles. The van der Waals surface area contributed by atoms with E-state index in [4.69, 9.17) is 5.26 Å². The average molecular weight is 389 g/mol. The molecule has 3 aromatic rings. The van der Waals surface area contributed by atoms with Crippen LogP contribution < -0.4 is 16.2 Å². The number of nitriles is 1. The summed E-state index contributed by atoms with van der Waals surface area (Å²) < 4.78 is 3.17. The Morgan fingerprint density at radius 2 is 1.69 bits per heavy atom. The maximum Gasteiger partial charge on any atom is 0.295 e. The summed E-state index contributed by atoms with van der Waals surface area (Å²) in [5, 5.41) is 13.8. The highest BCUT2D eigenvalue weighted by atomic mass is 16.2. The van der Waals surface area contributed by atoms with Crippen molar-refractivity contribution in [2.24, 2.45) is 7.05 Å². The Balaban J connectivity index is 1.82. The Bertz CT molecular complexity index is 1150. The summed E-state index contributed by atoms with van der Waals surface area (Å²) >= 11 is 0. The molecule has 1 heterocycles. The Hall–Kier alpha value is -4.12. The van der Waals surface area contributed by atoms with Crippen LogP contribution in [0.5, 0.6) is 0 Å². The lowest BCUT2D eigenvalue weighted by Crippen LogP contribution is -2.23. The molecular weight excluding hydrogens is 370 g/mol. The van der Waals surface area contributed by atoms with Crippen molar-refractivity contribution in [3.8, 4) is 11.8 Å².